The van der Waals surface area contributed by atoms with Crippen LogP contribution in [-0.4, -0.2) is 43.6 Å². The lowest BCUT2D eigenvalue weighted by Gasteiger charge is -2.35. The Kier molecular flexibility index (Phi) is 4.76. The minimum Gasteiger partial charge on any atom is -0.314 e. The highest BCUT2D eigenvalue weighted by Gasteiger charge is 2.37. The summed E-state index contributed by atoms with van der Waals surface area (Å²) in [5.74, 6) is 0.225. The molecule has 0 atom stereocenters. The van der Waals surface area contributed by atoms with Crippen LogP contribution in [0.15, 0.2) is 0 Å². The molecule has 5 heteroatoms. The standard InChI is InChI=1S/C11H24N2O2S/c1-4-5-6-8-13-11(2,3)10-12-7-9-16(13,14)15/h12H,4-10H2,1-3H3. The fourth-order valence-corrected chi connectivity index (χ4v) is 3.97. The van der Waals surface area contributed by atoms with Crippen molar-refractivity contribution in [2.75, 3.05) is 25.4 Å². The Bertz CT molecular complexity index is 312. The summed E-state index contributed by atoms with van der Waals surface area (Å²) in [6, 6.07) is 0. The summed E-state index contributed by atoms with van der Waals surface area (Å²) in [6.45, 7) is 8.08. The van der Waals surface area contributed by atoms with Gasteiger partial charge in [0.2, 0.25) is 10.0 Å². The van der Waals surface area contributed by atoms with Crippen molar-refractivity contribution in [3.63, 3.8) is 0 Å². The van der Waals surface area contributed by atoms with Gasteiger partial charge in [0.05, 0.1) is 5.75 Å². The van der Waals surface area contributed by atoms with Gasteiger partial charge in [-0.15, -0.1) is 0 Å². The van der Waals surface area contributed by atoms with Crippen molar-refractivity contribution in [3.05, 3.63) is 0 Å². The molecular formula is C11H24N2O2S. The van der Waals surface area contributed by atoms with Gasteiger partial charge in [0, 0.05) is 25.2 Å². The molecule has 0 radical (unpaired) electrons. The number of rotatable bonds is 4. The first-order valence-corrected chi connectivity index (χ1v) is 7.72. The zero-order chi connectivity index (χ0) is 12.2. The third-order valence-corrected chi connectivity index (χ3v) is 5.14. The van der Waals surface area contributed by atoms with Crippen LogP contribution >= 0.6 is 0 Å². The predicted octanol–water partition coefficient (Wildman–Crippen LogP) is 1.19. The Morgan fingerprint density at radius 2 is 2.00 bits per heavy atom. The number of nitrogens with zero attached hydrogens (tertiary/aromatic N) is 1. The van der Waals surface area contributed by atoms with E-state index in [0.29, 0.717) is 13.1 Å². The Morgan fingerprint density at radius 1 is 1.31 bits per heavy atom. The second-order valence-electron chi connectivity index (χ2n) is 5.08. The zero-order valence-electron chi connectivity index (χ0n) is 10.6. The summed E-state index contributed by atoms with van der Waals surface area (Å²) >= 11 is 0. The minimum atomic E-state index is -3.08. The minimum absolute atomic E-state index is 0.225. The van der Waals surface area contributed by atoms with Crippen molar-refractivity contribution in [3.8, 4) is 0 Å². The van der Waals surface area contributed by atoms with Crippen LogP contribution in [0.2, 0.25) is 0 Å². The van der Waals surface area contributed by atoms with Crippen LogP contribution in [0.1, 0.15) is 40.0 Å². The maximum Gasteiger partial charge on any atom is 0.215 e. The lowest BCUT2D eigenvalue weighted by Crippen LogP contribution is -2.51. The largest absolute Gasteiger partial charge is 0.314 e. The maximum atomic E-state index is 12.1. The van der Waals surface area contributed by atoms with Crippen LogP contribution in [0, 0.1) is 0 Å². The van der Waals surface area contributed by atoms with E-state index in [0.717, 1.165) is 25.8 Å². The van der Waals surface area contributed by atoms with Crippen LogP contribution in [0.4, 0.5) is 0 Å². The topological polar surface area (TPSA) is 49.4 Å². The van der Waals surface area contributed by atoms with E-state index in [1.807, 2.05) is 13.8 Å². The van der Waals surface area contributed by atoms with Crippen LogP contribution in [-0.2, 0) is 10.0 Å². The van der Waals surface area contributed by atoms with Crippen LogP contribution in [0.5, 0.6) is 0 Å². The molecule has 1 rings (SSSR count). The molecule has 1 N–H and O–H groups in total. The number of sulfonamides is 1. The lowest BCUT2D eigenvalue weighted by atomic mass is 10.1. The van der Waals surface area contributed by atoms with Crippen molar-refractivity contribution in [1.29, 1.82) is 0 Å². The number of nitrogens with one attached hydrogen (secondary N) is 1. The molecule has 96 valence electrons. The van der Waals surface area contributed by atoms with Crippen molar-refractivity contribution < 1.29 is 8.42 Å². The van der Waals surface area contributed by atoms with Crippen molar-refractivity contribution in [2.24, 2.45) is 0 Å². The lowest BCUT2D eigenvalue weighted by molar-refractivity contribution is 0.226. The Balaban J connectivity index is 2.78. The summed E-state index contributed by atoms with van der Waals surface area (Å²) in [7, 11) is -3.08. The van der Waals surface area contributed by atoms with E-state index in [9.17, 15) is 8.42 Å². The molecule has 16 heavy (non-hydrogen) atoms. The van der Waals surface area contributed by atoms with Crippen molar-refractivity contribution in [2.45, 2.75) is 45.6 Å². The highest BCUT2D eigenvalue weighted by molar-refractivity contribution is 7.89. The van der Waals surface area contributed by atoms with Crippen molar-refractivity contribution in [1.82, 2.24) is 9.62 Å². The highest BCUT2D eigenvalue weighted by atomic mass is 32.2. The second kappa shape index (κ2) is 5.47. The van der Waals surface area contributed by atoms with Crippen LogP contribution < -0.4 is 5.32 Å². The third-order valence-electron chi connectivity index (χ3n) is 3.07. The van der Waals surface area contributed by atoms with E-state index >= 15 is 0 Å². The summed E-state index contributed by atoms with van der Waals surface area (Å²) in [4.78, 5) is 0. The molecule has 1 saturated heterocycles. The highest BCUT2D eigenvalue weighted by Crippen LogP contribution is 2.21. The molecule has 1 fully saturated rings. The van der Waals surface area contributed by atoms with E-state index in [4.69, 9.17) is 0 Å². The molecule has 1 heterocycles. The molecule has 0 bridgehead atoms. The molecule has 0 aromatic carbocycles. The third kappa shape index (κ3) is 3.43. The van der Waals surface area contributed by atoms with Crippen LogP contribution in [0.3, 0.4) is 0 Å². The van der Waals surface area contributed by atoms with E-state index in [-0.39, 0.29) is 11.3 Å². The van der Waals surface area contributed by atoms with Gasteiger partial charge in [0.15, 0.2) is 0 Å². The zero-order valence-corrected chi connectivity index (χ0v) is 11.4. The molecule has 0 amide bonds. The number of unbranched alkanes of at least 4 members (excludes halogenated alkanes) is 2. The average molecular weight is 248 g/mol. The quantitative estimate of drug-likeness (QED) is 0.760. The smallest absolute Gasteiger partial charge is 0.215 e. The van der Waals surface area contributed by atoms with Crippen molar-refractivity contribution >= 4 is 10.0 Å². The van der Waals surface area contributed by atoms with E-state index in [1.165, 1.54) is 0 Å². The summed E-state index contributed by atoms with van der Waals surface area (Å²) in [5.41, 5.74) is -0.303. The number of hydrogen-bond donors (Lipinski definition) is 1. The van der Waals surface area contributed by atoms with Gasteiger partial charge in [0.25, 0.3) is 0 Å². The first kappa shape index (κ1) is 13.9. The molecule has 0 unspecified atom stereocenters. The second-order valence-corrected chi connectivity index (χ2v) is 7.10. The summed E-state index contributed by atoms with van der Waals surface area (Å²) in [6.07, 6.45) is 3.17. The van der Waals surface area contributed by atoms with Gasteiger partial charge in [-0.3, -0.25) is 0 Å². The molecule has 4 nitrogen and oxygen atoms in total. The first-order chi connectivity index (χ1) is 7.40. The Hall–Kier alpha value is -0.130. The molecule has 0 saturated carbocycles. The molecular weight excluding hydrogens is 224 g/mol. The Labute approximate surface area is 99.5 Å². The summed E-state index contributed by atoms with van der Waals surface area (Å²) in [5, 5.41) is 3.19. The van der Waals surface area contributed by atoms with Gasteiger partial charge in [-0.2, -0.15) is 4.31 Å². The van der Waals surface area contributed by atoms with E-state index < -0.39 is 10.0 Å². The van der Waals surface area contributed by atoms with Crippen LogP contribution in [0.25, 0.3) is 0 Å². The average Bonchev–Trinajstić information content (AvgIpc) is 2.27. The SMILES string of the molecule is CCCCCN1C(C)(C)CNCCS1(=O)=O. The van der Waals surface area contributed by atoms with Gasteiger partial charge in [-0.25, -0.2) is 8.42 Å². The monoisotopic (exact) mass is 248 g/mol. The van der Waals surface area contributed by atoms with Gasteiger partial charge in [0.1, 0.15) is 0 Å². The molecule has 0 spiro atoms. The molecule has 1 aliphatic rings. The predicted molar refractivity (Wildman–Crippen MR) is 67.0 cm³/mol. The molecule has 0 aliphatic carbocycles. The number of hydrogen-bond acceptors (Lipinski definition) is 3. The molecule has 1 aliphatic heterocycles. The van der Waals surface area contributed by atoms with Gasteiger partial charge < -0.3 is 5.32 Å². The Morgan fingerprint density at radius 3 is 2.62 bits per heavy atom. The van der Waals surface area contributed by atoms with Gasteiger partial charge >= 0.3 is 0 Å². The first-order valence-electron chi connectivity index (χ1n) is 6.11. The van der Waals surface area contributed by atoms with E-state index in [1.54, 1.807) is 4.31 Å². The van der Waals surface area contributed by atoms with E-state index in [2.05, 4.69) is 12.2 Å². The van der Waals surface area contributed by atoms with Gasteiger partial charge in [-0.05, 0) is 20.3 Å². The molecule has 0 aromatic rings. The van der Waals surface area contributed by atoms with Gasteiger partial charge in [-0.1, -0.05) is 19.8 Å². The fourth-order valence-electron chi connectivity index (χ4n) is 2.12. The molecule has 0 aromatic heterocycles. The maximum absolute atomic E-state index is 12.1. The fraction of sp³-hybridized carbons (Fsp3) is 1.00. The summed E-state index contributed by atoms with van der Waals surface area (Å²) < 4.78 is 25.9. The normalized spacial score (nSPS) is 25.2.